The number of benzene rings is 2. The van der Waals surface area contributed by atoms with E-state index in [1.54, 1.807) is 0 Å². The standard InChI is InChI=1S/C20H21F2N3O3/c1-20(2,3)25-14-8-6-5-7-13(14)23-19(25)24-17(26)12-9-10-15(27-4)16(11-12)28-18(21)22/h5-11,18H,1-4H3,(H,23,24,26). The number of ether oxygens (including phenoxy) is 2. The number of methoxy groups -OCH3 is 1. The van der Waals surface area contributed by atoms with E-state index in [9.17, 15) is 13.6 Å². The van der Waals surface area contributed by atoms with Gasteiger partial charge in [0.2, 0.25) is 5.95 Å². The summed E-state index contributed by atoms with van der Waals surface area (Å²) in [4.78, 5) is 17.3. The molecule has 0 saturated carbocycles. The van der Waals surface area contributed by atoms with Crippen LogP contribution in [-0.2, 0) is 5.54 Å². The van der Waals surface area contributed by atoms with Crippen molar-refractivity contribution in [3.8, 4) is 11.5 Å². The Morgan fingerprint density at radius 3 is 2.50 bits per heavy atom. The number of aromatic nitrogens is 2. The lowest BCUT2D eigenvalue weighted by atomic mass is 10.1. The summed E-state index contributed by atoms with van der Waals surface area (Å²) in [7, 11) is 1.33. The summed E-state index contributed by atoms with van der Waals surface area (Å²) < 4.78 is 36.6. The quantitative estimate of drug-likeness (QED) is 0.690. The molecule has 28 heavy (non-hydrogen) atoms. The van der Waals surface area contributed by atoms with Crippen LogP contribution < -0.4 is 14.8 Å². The minimum atomic E-state index is -3.03. The largest absolute Gasteiger partial charge is 0.493 e. The van der Waals surface area contributed by atoms with Crippen molar-refractivity contribution in [2.45, 2.75) is 32.9 Å². The molecule has 0 unspecified atom stereocenters. The number of carbonyl (C=O) groups excluding carboxylic acids is 1. The van der Waals surface area contributed by atoms with Gasteiger partial charge in [0, 0.05) is 11.1 Å². The maximum absolute atomic E-state index is 12.8. The van der Waals surface area contributed by atoms with E-state index in [4.69, 9.17) is 4.74 Å². The Morgan fingerprint density at radius 2 is 1.86 bits per heavy atom. The molecule has 0 saturated heterocycles. The van der Waals surface area contributed by atoms with Crippen LogP contribution >= 0.6 is 0 Å². The molecule has 0 bridgehead atoms. The number of fused-ring (bicyclic) bond motifs is 1. The van der Waals surface area contributed by atoms with Crippen molar-refractivity contribution < 1.29 is 23.0 Å². The second kappa shape index (κ2) is 7.46. The molecule has 0 spiro atoms. The monoisotopic (exact) mass is 389 g/mol. The maximum atomic E-state index is 12.8. The van der Waals surface area contributed by atoms with Gasteiger partial charge in [-0.15, -0.1) is 0 Å². The van der Waals surface area contributed by atoms with Crippen LogP contribution in [0.2, 0.25) is 0 Å². The molecule has 2 aromatic carbocycles. The van der Waals surface area contributed by atoms with E-state index >= 15 is 0 Å². The van der Waals surface area contributed by atoms with Crippen LogP contribution in [0, 0.1) is 0 Å². The summed E-state index contributed by atoms with van der Waals surface area (Å²) >= 11 is 0. The molecule has 3 rings (SSSR count). The van der Waals surface area contributed by atoms with Crippen LogP contribution in [0.4, 0.5) is 14.7 Å². The van der Waals surface area contributed by atoms with Crippen LogP contribution in [0.1, 0.15) is 31.1 Å². The number of hydrogen-bond donors (Lipinski definition) is 1. The molecule has 1 N–H and O–H groups in total. The molecule has 1 amide bonds. The van der Waals surface area contributed by atoms with E-state index in [-0.39, 0.29) is 22.6 Å². The van der Waals surface area contributed by atoms with E-state index in [1.807, 2.05) is 49.6 Å². The number of nitrogens with one attached hydrogen (secondary N) is 1. The number of halogens is 2. The number of carbonyl (C=O) groups is 1. The molecule has 3 aromatic rings. The predicted octanol–water partition coefficient (Wildman–Crippen LogP) is 4.65. The number of hydrogen-bond acceptors (Lipinski definition) is 4. The second-order valence-corrected chi connectivity index (χ2v) is 7.13. The van der Waals surface area contributed by atoms with Gasteiger partial charge in [-0.2, -0.15) is 8.78 Å². The van der Waals surface area contributed by atoms with Crippen molar-refractivity contribution in [1.29, 1.82) is 0 Å². The Morgan fingerprint density at radius 1 is 1.14 bits per heavy atom. The zero-order chi connectivity index (χ0) is 20.5. The fourth-order valence-corrected chi connectivity index (χ4v) is 2.97. The third kappa shape index (κ3) is 3.90. The van der Waals surface area contributed by atoms with Gasteiger partial charge >= 0.3 is 6.61 Å². The van der Waals surface area contributed by atoms with Gasteiger partial charge in [0.05, 0.1) is 18.1 Å². The Kier molecular flexibility index (Phi) is 5.22. The summed E-state index contributed by atoms with van der Waals surface area (Å²) in [6, 6.07) is 11.6. The van der Waals surface area contributed by atoms with Crippen LogP contribution in [-0.4, -0.2) is 29.2 Å². The number of rotatable bonds is 5. The van der Waals surface area contributed by atoms with Crippen molar-refractivity contribution in [3.05, 3.63) is 48.0 Å². The molecule has 0 aliphatic heterocycles. The average Bonchev–Trinajstić information content (AvgIpc) is 2.99. The van der Waals surface area contributed by atoms with Gasteiger partial charge in [-0.25, -0.2) is 4.98 Å². The van der Waals surface area contributed by atoms with Crippen molar-refractivity contribution in [3.63, 3.8) is 0 Å². The molecule has 1 heterocycles. The van der Waals surface area contributed by atoms with Gasteiger partial charge in [-0.1, -0.05) is 12.1 Å². The van der Waals surface area contributed by atoms with Gasteiger partial charge in [0.1, 0.15) is 0 Å². The molecule has 148 valence electrons. The van der Waals surface area contributed by atoms with Crippen LogP contribution in [0.15, 0.2) is 42.5 Å². The van der Waals surface area contributed by atoms with E-state index in [0.717, 1.165) is 11.0 Å². The lowest BCUT2D eigenvalue weighted by molar-refractivity contribution is -0.0512. The zero-order valence-electron chi connectivity index (χ0n) is 16.0. The summed E-state index contributed by atoms with van der Waals surface area (Å²) in [5, 5.41) is 2.77. The lowest BCUT2D eigenvalue weighted by Crippen LogP contribution is -2.26. The highest BCUT2D eigenvalue weighted by molar-refractivity contribution is 6.04. The Labute approximate surface area is 161 Å². The van der Waals surface area contributed by atoms with Gasteiger partial charge < -0.3 is 14.0 Å². The molecule has 0 aliphatic rings. The van der Waals surface area contributed by atoms with Crippen molar-refractivity contribution >= 4 is 22.9 Å². The molecule has 0 aliphatic carbocycles. The van der Waals surface area contributed by atoms with Gasteiger partial charge in [0.15, 0.2) is 11.5 Å². The molecule has 6 nitrogen and oxygen atoms in total. The number of imidazole rings is 1. The minimum absolute atomic E-state index is 0.110. The maximum Gasteiger partial charge on any atom is 0.387 e. The van der Waals surface area contributed by atoms with E-state index in [0.29, 0.717) is 5.95 Å². The Bertz CT molecular complexity index is 1010. The smallest absolute Gasteiger partial charge is 0.387 e. The summed E-state index contributed by atoms with van der Waals surface area (Å²) in [6.07, 6.45) is 0. The highest BCUT2D eigenvalue weighted by atomic mass is 19.3. The molecule has 8 heteroatoms. The number of nitrogens with zero attached hydrogens (tertiary/aromatic N) is 2. The van der Waals surface area contributed by atoms with Gasteiger partial charge in [-0.3, -0.25) is 10.1 Å². The highest BCUT2D eigenvalue weighted by Crippen LogP contribution is 2.31. The second-order valence-electron chi connectivity index (χ2n) is 7.13. The molecule has 0 atom stereocenters. The number of alkyl halides is 2. The first-order valence-corrected chi connectivity index (χ1v) is 8.63. The summed E-state index contributed by atoms with van der Waals surface area (Å²) in [6.45, 7) is 2.97. The molecule has 0 fully saturated rings. The summed E-state index contributed by atoms with van der Waals surface area (Å²) in [5.41, 5.74) is 1.41. The van der Waals surface area contributed by atoms with Crippen LogP contribution in [0.5, 0.6) is 11.5 Å². The SMILES string of the molecule is COc1ccc(C(=O)Nc2nc3ccccc3n2C(C)(C)C)cc1OC(F)F. The first-order chi connectivity index (χ1) is 13.2. The number of amides is 1. The van der Waals surface area contributed by atoms with Crippen molar-refractivity contribution in [2.75, 3.05) is 12.4 Å². The van der Waals surface area contributed by atoms with Crippen LogP contribution in [0.3, 0.4) is 0 Å². The average molecular weight is 389 g/mol. The normalized spacial score (nSPS) is 11.7. The Balaban J connectivity index is 1.98. The molecular weight excluding hydrogens is 368 g/mol. The van der Waals surface area contributed by atoms with Crippen molar-refractivity contribution in [1.82, 2.24) is 9.55 Å². The third-order valence-electron chi connectivity index (χ3n) is 4.10. The first-order valence-electron chi connectivity index (χ1n) is 8.63. The van der Waals surface area contributed by atoms with E-state index < -0.39 is 12.5 Å². The van der Waals surface area contributed by atoms with E-state index in [1.165, 1.54) is 25.3 Å². The Hall–Kier alpha value is -3.16. The highest BCUT2D eigenvalue weighted by Gasteiger charge is 2.23. The van der Waals surface area contributed by atoms with E-state index in [2.05, 4.69) is 15.0 Å². The third-order valence-corrected chi connectivity index (χ3v) is 4.10. The fraction of sp³-hybridized carbons (Fsp3) is 0.300. The lowest BCUT2D eigenvalue weighted by Gasteiger charge is -2.24. The molecule has 1 aromatic heterocycles. The first kappa shape index (κ1) is 19.6. The summed E-state index contributed by atoms with van der Waals surface area (Å²) in [5.74, 6) is -0.235. The molecular formula is C20H21F2N3O3. The van der Waals surface area contributed by atoms with Gasteiger partial charge in [-0.05, 0) is 51.1 Å². The van der Waals surface area contributed by atoms with Gasteiger partial charge in [0.25, 0.3) is 5.91 Å². The zero-order valence-corrected chi connectivity index (χ0v) is 16.0. The van der Waals surface area contributed by atoms with Crippen molar-refractivity contribution in [2.24, 2.45) is 0 Å². The fourth-order valence-electron chi connectivity index (χ4n) is 2.97. The topological polar surface area (TPSA) is 65.4 Å². The van der Waals surface area contributed by atoms with Crippen LogP contribution in [0.25, 0.3) is 11.0 Å². The number of anilines is 1. The molecule has 0 radical (unpaired) electrons. The minimum Gasteiger partial charge on any atom is -0.493 e. The number of para-hydroxylation sites is 2. The predicted molar refractivity (Wildman–Crippen MR) is 102 cm³/mol.